The molecule has 2 heterocycles. The monoisotopic (exact) mass is 500 g/mol. The highest BCUT2D eigenvalue weighted by atomic mass is 35.5. The molecule has 1 unspecified atom stereocenters. The summed E-state index contributed by atoms with van der Waals surface area (Å²) in [6.45, 7) is 3.94. The number of methoxy groups -OCH3 is 1. The first-order valence-corrected chi connectivity index (χ1v) is 12.2. The zero-order valence-corrected chi connectivity index (χ0v) is 20.8. The minimum atomic E-state index is -0.271. The number of nitrogens with zero attached hydrogens (tertiary/aromatic N) is 4. The highest BCUT2D eigenvalue weighted by molar-refractivity contribution is 7.98. The first-order valence-electron chi connectivity index (χ1n) is 9.83. The molecule has 0 aliphatic rings. The number of unbranched alkanes of at least 4 members (excludes halogenated alkanes) is 1. The zero-order chi connectivity index (χ0) is 22.7. The van der Waals surface area contributed by atoms with Crippen LogP contribution in [0, 0.1) is 6.92 Å². The molecule has 1 aromatic carbocycles. The molecular formula is C21H23Cl3N4O2S. The van der Waals surface area contributed by atoms with Crippen LogP contribution in [0.1, 0.15) is 50.0 Å². The number of fused-ring (bicyclic) bond motifs is 1. The molecule has 0 N–H and O–H groups in total. The average Bonchev–Trinajstić information content (AvgIpc) is 3.07. The van der Waals surface area contributed by atoms with E-state index in [1.54, 1.807) is 16.8 Å². The Hall–Kier alpha value is -1.54. The normalized spacial score (nSPS) is 12.4. The minimum absolute atomic E-state index is 0.115. The van der Waals surface area contributed by atoms with Crippen molar-refractivity contribution in [1.29, 1.82) is 0 Å². The van der Waals surface area contributed by atoms with Crippen LogP contribution in [0.3, 0.4) is 0 Å². The predicted molar refractivity (Wildman–Crippen MR) is 127 cm³/mol. The van der Waals surface area contributed by atoms with E-state index >= 15 is 0 Å². The van der Waals surface area contributed by atoms with Gasteiger partial charge in [-0.25, -0.2) is 14.6 Å². The fraction of sp³-hybridized carbons (Fsp3) is 0.429. The van der Waals surface area contributed by atoms with Crippen LogP contribution >= 0.6 is 46.6 Å². The van der Waals surface area contributed by atoms with Crippen LogP contribution in [0.5, 0.6) is 0 Å². The Bertz CT molecular complexity index is 1100. The number of esters is 1. The second kappa shape index (κ2) is 10.4. The number of halogens is 3. The highest BCUT2D eigenvalue weighted by Gasteiger charge is 2.27. The molecule has 31 heavy (non-hydrogen) atoms. The van der Waals surface area contributed by atoms with Crippen molar-refractivity contribution >= 4 is 63.6 Å². The number of aryl methyl sites for hydroxylation is 1. The Morgan fingerprint density at radius 3 is 2.48 bits per heavy atom. The Morgan fingerprint density at radius 1 is 1.23 bits per heavy atom. The molecule has 1 atom stereocenters. The topological polar surface area (TPSA) is 69.9 Å². The third-order valence-corrected chi connectivity index (χ3v) is 6.42. The van der Waals surface area contributed by atoms with E-state index < -0.39 is 0 Å². The summed E-state index contributed by atoms with van der Waals surface area (Å²) in [4.78, 5) is 21.5. The van der Waals surface area contributed by atoms with Crippen molar-refractivity contribution in [2.75, 3.05) is 13.4 Å². The molecular weight excluding hydrogens is 479 g/mol. The molecule has 3 rings (SSSR count). The van der Waals surface area contributed by atoms with Crippen molar-refractivity contribution in [2.24, 2.45) is 0 Å². The van der Waals surface area contributed by atoms with Gasteiger partial charge in [-0.2, -0.15) is 5.10 Å². The lowest BCUT2D eigenvalue weighted by atomic mass is 9.93. The van der Waals surface area contributed by atoms with E-state index in [4.69, 9.17) is 49.6 Å². The van der Waals surface area contributed by atoms with E-state index in [1.807, 2.05) is 13.2 Å². The molecule has 6 nitrogen and oxygen atoms in total. The fourth-order valence-corrected chi connectivity index (χ4v) is 5.07. The second-order valence-corrected chi connectivity index (χ2v) is 9.16. The van der Waals surface area contributed by atoms with Crippen molar-refractivity contribution in [3.05, 3.63) is 38.7 Å². The van der Waals surface area contributed by atoms with Crippen LogP contribution in [-0.4, -0.2) is 39.1 Å². The summed E-state index contributed by atoms with van der Waals surface area (Å²) in [6.07, 6.45) is 4.95. The molecule has 0 spiro atoms. The van der Waals surface area contributed by atoms with E-state index in [2.05, 4.69) is 11.9 Å². The van der Waals surface area contributed by atoms with Crippen LogP contribution in [-0.2, 0) is 9.53 Å². The number of thioether (sulfide) groups is 1. The molecule has 0 aliphatic carbocycles. The minimum Gasteiger partial charge on any atom is -0.469 e. The third kappa shape index (κ3) is 5.11. The van der Waals surface area contributed by atoms with E-state index in [0.717, 1.165) is 35.4 Å². The molecule has 0 fully saturated rings. The number of ether oxygens (including phenoxy) is 1. The summed E-state index contributed by atoms with van der Waals surface area (Å²) in [6, 6.07) is 3.24. The van der Waals surface area contributed by atoms with Crippen LogP contribution in [0.4, 0.5) is 0 Å². The molecule has 2 aromatic heterocycles. The maximum absolute atomic E-state index is 12.1. The number of aromatic nitrogens is 4. The van der Waals surface area contributed by atoms with Gasteiger partial charge in [0.15, 0.2) is 5.65 Å². The van der Waals surface area contributed by atoms with Gasteiger partial charge in [0.25, 0.3) is 0 Å². The molecule has 0 saturated carbocycles. The van der Waals surface area contributed by atoms with Crippen molar-refractivity contribution < 1.29 is 9.53 Å². The molecule has 166 valence electrons. The van der Waals surface area contributed by atoms with Gasteiger partial charge >= 0.3 is 5.97 Å². The van der Waals surface area contributed by atoms with Gasteiger partial charge < -0.3 is 4.74 Å². The van der Waals surface area contributed by atoms with Crippen LogP contribution in [0.15, 0.2) is 17.2 Å². The zero-order valence-electron chi connectivity index (χ0n) is 17.7. The summed E-state index contributed by atoms with van der Waals surface area (Å²) in [7, 11) is 1.40. The van der Waals surface area contributed by atoms with Gasteiger partial charge in [-0.05, 0) is 31.7 Å². The largest absolute Gasteiger partial charge is 0.469 e. The van der Waals surface area contributed by atoms with Crippen LogP contribution in [0.25, 0.3) is 16.7 Å². The molecule has 3 aromatic rings. The van der Waals surface area contributed by atoms with Crippen molar-refractivity contribution in [2.45, 2.75) is 50.5 Å². The van der Waals surface area contributed by atoms with Gasteiger partial charge in [0.2, 0.25) is 0 Å². The van der Waals surface area contributed by atoms with E-state index in [-0.39, 0.29) is 18.3 Å². The Labute approximate surface area is 200 Å². The summed E-state index contributed by atoms with van der Waals surface area (Å²) in [5, 5.41) is 7.44. The van der Waals surface area contributed by atoms with Crippen molar-refractivity contribution in [3.63, 3.8) is 0 Å². The molecule has 0 amide bonds. The van der Waals surface area contributed by atoms with Gasteiger partial charge in [0.1, 0.15) is 16.5 Å². The van der Waals surface area contributed by atoms with E-state index in [9.17, 15) is 4.79 Å². The Morgan fingerprint density at radius 2 is 1.90 bits per heavy atom. The first-order chi connectivity index (χ1) is 14.8. The van der Waals surface area contributed by atoms with Crippen molar-refractivity contribution in [1.82, 2.24) is 19.7 Å². The maximum atomic E-state index is 12.1. The van der Waals surface area contributed by atoms with E-state index in [1.165, 1.54) is 18.9 Å². The van der Waals surface area contributed by atoms with Gasteiger partial charge in [-0.15, -0.1) is 11.8 Å². The standard InChI is InChI=1S/C21H23Cl3N4O2S/c1-5-6-7-12(8-16(29)30-3)18-17-20(26-11(2)25-18)28(27-21(17)31-4)19-14(23)9-13(22)10-15(19)24/h9-10,12H,5-8H2,1-4H3. The summed E-state index contributed by atoms with van der Waals surface area (Å²) in [5.41, 5.74) is 1.88. The lowest BCUT2D eigenvalue weighted by Gasteiger charge is -2.17. The van der Waals surface area contributed by atoms with E-state index in [0.29, 0.717) is 32.2 Å². The van der Waals surface area contributed by atoms with Gasteiger partial charge in [-0.3, -0.25) is 4.79 Å². The number of carbonyl (C=O) groups excluding carboxylic acids is 1. The van der Waals surface area contributed by atoms with Gasteiger partial charge in [0, 0.05) is 10.9 Å². The van der Waals surface area contributed by atoms with Crippen LogP contribution < -0.4 is 0 Å². The Balaban J connectivity index is 2.29. The SMILES string of the molecule is CCCCC(CC(=O)OC)c1nc(C)nc2c1c(SC)nn2-c1c(Cl)cc(Cl)cc1Cl. The lowest BCUT2D eigenvalue weighted by Crippen LogP contribution is -2.12. The smallest absolute Gasteiger partial charge is 0.306 e. The highest BCUT2D eigenvalue weighted by Crippen LogP contribution is 2.39. The predicted octanol–water partition coefficient (Wildman–Crippen LogP) is 6.64. The van der Waals surface area contributed by atoms with Crippen molar-refractivity contribution in [3.8, 4) is 5.69 Å². The van der Waals surface area contributed by atoms with Gasteiger partial charge in [0.05, 0.1) is 34.7 Å². The molecule has 0 aliphatic heterocycles. The third-order valence-electron chi connectivity index (χ3n) is 4.96. The summed E-state index contributed by atoms with van der Waals surface area (Å²) in [5.74, 6) is 0.188. The number of rotatable bonds is 8. The number of carbonyl (C=O) groups is 1. The molecule has 0 saturated heterocycles. The second-order valence-electron chi connectivity index (χ2n) is 7.11. The molecule has 10 heteroatoms. The quantitative estimate of drug-likeness (QED) is 0.254. The number of benzene rings is 1. The molecule has 0 radical (unpaired) electrons. The lowest BCUT2D eigenvalue weighted by molar-refractivity contribution is -0.141. The van der Waals surface area contributed by atoms with Crippen LogP contribution in [0.2, 0.25) is 15.1 Å². The summed E-state index contributed by atoms with van der Waals surface area (Å²) < 4.78 is 6.58. The molecule has 0 bridgehead atoms. The number of hydrogen-bond donors (Lipinski definition) is 0. The first kappa shape index (κ1) is 24.1. The summed E-state index contributed by atoms with van der Waals surface area (Å²) >= 11 is 20.5. The average molecular weight is 502 g/mol. The van der Waals surface area contributed by atoms with Gasteiger partial charge in [-0.1, -0.05) is 54.6 Å². The Kier molecular flexibility index (Phi) is 8.08. The number of hydrogen-bond acceptors (Lipinski definition) is 6. The fourth-order valence-electron chi connectivity index (χ4n) is 3.53. The maximum Gasteiger partial charge on any atom is 0.306 e.